The highest BCUT2D eigenvalue weighted by atomic mass is 16.3. The first-order valence-corrected chi connectivity index (χ1v) is 6.15. The van der Waals surface area contributed by atoms with Crippen LogP contribution < -0.4 is 5.32 Å². The summed E-state index contributed by atoms with van der Waals surface area (Å²) in [4.78, 5) is 11.9. The first kappa shape index (κ1) is 13.7. The topological polar surface area (TPSA) is 49.3 Å². The lowest BCUT2D eigenvalue weighted by molar-refractivity contribution is -0.125. The number of carbonyl (C=O) groups is 1. The highest BCUT2D eigenvalue weighted by molar-refractivity contribution is 5.78. The summed E-state index contributed by atoms with van der Waals surface area (Å²) in [6.07, 6.45) is 1.86. The maximum absolute atomic E-state index is 11.9. The van der Waals surface area contributed by atoms with Gasteiger partial charge in [0, 0.05) is 5.92 Å². The van der Waals surface area contributed by atoms with Gasteiger partial charge in [0.25, 0.3) is 0 Å². The Balaban J connectivity index is 2.62. The molecule has 3 nitrogen and oxygen atoms in total. The highest BCUT2D eigenvalue weighted by Crippen LogP contribution is 2.13. The Morgan fingerprint density at radius 2 is 2.00 bits per heavy atom. The average Bonchev–Trinajstić information content (AvgIpc) is 2.37. The van der Waals surface area contributed by atoms with Crippen LogP contribution in [0, 0.1) is 5.92 Å². The predicted molar refractivity (Wildman–Crippen MR) is 68.5 cm³/mol. The zero-order valence-electron chi connectivity index (χ0n) is 10.5. The number of amides is 1. The molecule has 1 aromatic carbocycles. The summed E-state index contributed by atoms with van der Waals surface area (Å²) in [5.41, 5.74) is 0.937. The molecule has 0 heterocycles. The summed E-state index contributed by atoms with van der Waals surface area (Å²) < 4.78 is 0. The number of rotatable bonds is 6. The quantitative estimate of drug-likeness (QED) is 0.794. The zero-order valence-corrected chi connectivity index (χ0v) is 10.5. The molecule has 0 spiro atoms. The average molecular weight is 235 g/mol. The van der Waals surface area contributed by atoms with Crippen molar-refractivity contribution in [2.75, 3.05) is 6.61 Å². The molecule has 1 amide bonds. The molecule has 0 aliphatic carbocycles. The number of benzene rings is 1. The van der Waals surface area contributed by atoms with Gasteiger partial charge in [-0.2, -0.15) is 0 Å². The molecule has 94 valence electrons. The van der Waals surface area contributed by atoms with E-state index in [1.54, 1.807) is 0 Å². The van der Waals surface area contributed by atoms with Gasteiger partial charge < -0.3 is 10.4 Å². The van der Waals surface area contributed by atoms with E-state index in [9.17, 15) is 9.90 Å². The number of carbonyl (C=O) groups excluding carboxylic acids is 1. The van der Waals surface area contributed by atoms with Crippen molar-refractivity contribution in [3.63, 3.8) is 0 Å². The van der Waals surface area contributed by atoms with Gasteiger partial charge in [-0.15, -0.1) is 0 Å². The molecule has 0 aliphatic heterocycles. The van der Waals surface area contributed by atoms with E-state index in [1.165, 1.54) is 0 Å². The van der Waals surface area contributed by atoms with Crippen LogP contribution >= 0.6 is 0 Å². The molecule has 0 fully saturated rings. The molecule has 0 radical (unpaired) electrons. The maximum Gasteiger partial charge on any atom is 0.223 e. The summed E-state index contributed by atoms with van der Waals surface area (Å²) in [5.74, 6) is 0.00696. The van der Waals surface area contributed by atoms with Crippen LogP contribution in [0.2, 0.25) is 0 Å². The van der Waals surface area contributed by atoms with Crippen molar-refractivity contribution >= 4 is 5.91 Å². The summed E-state index contributed by atoms with van der Waals surface area (Å²) in [5, 5.41) is 12.2. The summed E-state index contributed by atoms with van der Waals surface area (Å²) >= 11 is 0. The van der Waals surface area contributed by atoms with Crippen LogP contribution in [0.3, 0.4) is 0 Å². The lowest BCUT2D eigenvalue weighted by Crippen LogP contribution is -2.34. The molecular formula is C14H21NO2. The van der Waals surface area contributed by atoms with Crippen LogP contribution in [0.25, 0.3) is 0 Å². The molecular weight excluding hydrogens is 214 g/mol. The highest BCUT2D eigenvalue weighted by Gasteiger charge is 2.17. The largest absolute Gasteiger partial charge is 0.394 e. The molecule has 1 aromatic rings. The van der Waals surface area contributed by atoms with E-state index in [4.69, 9.17) is 0 Å². The van der Waals surface area contributed by atoms with Crippen LogP contribution in [0.15, 0.2) is 30.3 Å². The molecule has 0 bridgehead atoms. The van der Waals surface area contributed by atoms with Gasteiger partial charge in [0.2, 0.25) is 5.91 Å². The van der Waals surface area contributed by atoms with Crippen LogP contribution in [-0.2, 0) is 4.79 Å². The molecule has 0 saturated carbocycles. The van der Waals surface area contributed by atoms with E-state index in [2.05, 4.69) is 12.2 Å². The monoisotopic (exact) mass is 235 g/mol. The Bertz CT molecular complexity index is 337. The third kappa shape index (κ3) is 4.19. The normalized spacial score (nSPS) is 14.1. The Morgan fingerprint density at radius 3 is 2.53 bits per heavy atom. The fourth-order valence-electron chi connectivity index (χ4n) is 1.80. The smallest absolute Gasteiger partial charge is 0.223 e. The Morgan fingerprint density at radius 1 is 1.35 bits per heavy atom. The number of aliphatic hydroxyl groups is 1. The van der Waals surface area contributed by atoms with Crippen molar-refractivity contribution in [1.82, 2.24) is 5.32 Å². The van der Waals surface area contributed by atoms with E-state index >= 15 is 0 Å². The van der Waals surface area contributed by atoms with Crippen LogP contribution in [0.1, 0.15) is 38.3 Å². The second-order valence-corrected chi connectivity index (χ2v) is 4.34. The van der Waals surface area contributed by atoms with Crippen molar-refractivity contribution in [3.05, 3.63) is 35.9 Å². The summed E-state index contributed by atoms with van der Waals surface area (Å²) in [6.45, 7) is 3.90. The molecule has 0 saturated heterocycles. The van der Waals surface area contributed by atoms with E-state index in [0.29, 0.717) is 0 Å². The Labute approximate surface area is 103 Å². The molecule has 3 heteroatoms. The first-order chi connectivity index (χ1) is 8.19. The Hall–Kier alpha value is -1.35. The van der Waals surface area contributed by atoms with Crippen LogP contribution in [-0.4, -0.2) is 17.6 Å². The van der Waals surface area contributed by atoms with Crippen molar-refractivity contribution in [1.29, 1.82) is 0 Å². The SMILES string of the molecule is CCCC(C)C(=O)N[C@@H](CO)c1ccccc1. The second-order valence-electron chi connectivity index (χ2n) is 4.34. The fourth-order valence-corrected chi connectivity index (χ4v) is 1.80. The molecule has 2 atom stereocenters. The van der Waals surface area contributed by atoms with Crippen molar-refractivity contribution < 1.29 is 9.90 Å². The van der Waals surface area contributed by atoms with Gasteiger partial charge in [0.15, 0.2) is 0 Å². The molecule has 0 aliphatic rings. The standard InChI is InChI=1S/C14H21NO2/c1-3-7-11(2)14(17)15-13(10-16)12-8-5-4-6-9-12/h4-6,8-9,11,13,16H,3,7,10H2,1-2H3,(H,15,17)/t11?,13-/m0/s1. The first-order valence-electron chi connectivity index (χ1n) is 6.15. The predicted octanol–water partition coefficient (Wildman–Crippen LogP) is 2.27. The maximum atomic E-state index is 11.9. The number of nitrogens with one attached hydrogen (secondary N) is 1. The van der Waals surface area contributed by atoms with Gasteiger partial charge in [-0.05, 0) is 12.0 Å². The summed E-state index contributed by atoms with van der Waals surface area (Å²) in [6, 6.07) is 9.23. The van der Waals surface area contributed by atoms with E-state index in [0.717, 1.165) is 18.4 Å². The van der Waals surface area contributed by atoms with E-state index in [1.807, 2.05) is 37.3 Å². The lowest BCUT2D eigenvalue weighted by atomic mass is 10.0. The third-order valence-electron chi connectivity index (χ3n) is 2.87. The molecule has 1 rings (SSSR count). The fraction of sp³-hybridized carbons (Fsp3) is 0.500. The Kier molecular flexibility index (Phi) is 5.70. The van der Waals surface area contributed by atoms with Gasteiger partial charge in [0.05, 0.1) is 12.6 Å². The van der Waals surface area contributed by atoms with Gasteiger partial charge >= 0.3 is 0 Å². The van der Waals surface area contributed by atoms with Crippen molar-refractivity contribution in [3.8, 4) is 0 Å². The molecule has 1 unspecified atom stereocenters. The molecule has 17 heavy (non-hydrogen) atoms. The van der Waals surface area contributed by atoms with Crippen molar-refractivity contribution in [2.24, 2.45) is 5.92 Å². The number of hydrogen-bond acceptors (Lipinski definition) is 2. The zero-order chi connectivity index (χ0) is 12.7. The number of hydrogen-bond donors (Lipinski definition) is 2. The minimum Gasteiger partial charge on any atom is -0.394 e. The molecule has 0 aromatic heterocycles. The number of aliphatic hydroxyl groups excluding tert-OH is 1. The lowest BCUT2D eigenvalue weighted by Gasteiger charge is -2.19. The third-order valence-corrected chi connectivity index (χ3v) is 2.87. The van der Waals surface area contributed by atoms with Crippen LogP contribution in [0.5, 0.6) is 0 Å². The molecule has 2 N–H and O–H groups in total. The van der Waals surface area contributed by atoms with E-state index in [-0.39, 0.29) is 24.5 Å². The van der Waals surface area contributed by atoms with Gasteiger partial charge in [-0.25, -0.2) is 0 Å². The minimum atomic E-state index is -0.303. The van der Waals surface area contributed by atoms with Gasteiger partial charge in [-0.3, -0.25) is 4.79 Å². The van der Waals surface area contributed by atoms with E-state index < -0.39 is 0 Å². The second kappa shape index (κ2) is 7.07. The van der Waals surface area contributed by atoms with Gasteiger partial charge in [0.1, 0.15) is 0 Å². The summed E-state index contributed by atoms with van der Waals surface area (Å²) in [7, 11) is 0. The van der Waals surface area contributed by atoms with Gasteiger partial charge in [-0.1, -0.05) is 50.6 Å². The van der Waals surface area contributed by atoms with Crippen molar-refractivity contribution in [2.45, 2.75) is 32.7 Å². The minimum absolute atomic E-state index is 0.00207. The van der Waals surface area contributed by atoms with Crippen LogP contribution in [0.4, 0.5) is 0 Å².